The first-order valence-corrected chi connectivity index (χ1v) is 37.0. The zero-order valence-electron chi connectivity index (χ0n) is 70.1. The van der Waals surface area contributed by atoms with Crippen LogP contribution in [0.15, 0.2) is 123 Å². The Morgan fingerprint density at radius 2 is 0.884 bits per heavy atom. The number of nitrogens with one attached hydrogen (secondary N) is 3. The third-order valence-electron chi connectivity index (χ3n) is 16.8. The van der Waals surface area contributed by atoms with Crippen LogP contribution in [0.2, 0.25) is 0 Å². The zero-order chi connectivity index (χ0) is 85.1. The van der Waals surface area contributed by atoms with Gasteiger partial charge in [0.2, 0.25) is 35.9 Å². The number of pyridine rings is 10. The lowest BCUT2D eigenvalue weighted by Crippen LogP contribution is -2.35. The smallest absolute Gasteiger partial charge is 0.339 e. The first-order valence-electron chi connectivity index (χ1n) is 35.8. The van der Waals surface area contributed by atoms with Crippen LogP contribution in [0.25, 0.3) is 54.5 Å². The van der Waals surface area contributed by atoms with Gasteiger partial charge in [-0.2, -0.15) is 5.26 Å². The lowest BCUT2D eigenvalue weighted by atomic mass is 9.87. The van der Waals surface area contributed by atoms with E-state index in [1.165, 1.54) is 6.20 Å². The summed E-state index contributed by atoms with van der Waals surface area (Å²) >= 11 is 3.10. The lowest BCUT2D eigenvalue weighted by Gasteiger charge is -2.23. The number of hydrogen-bond acceptors (Lipinski definition) is 21. The number of aliphatic hydroxyl groups is 1. The van der Waals surface area contributed by atoms with Gasteiger partial charge in [-0.1, -0.05) is 190 Å². The second-order valence-corrected chi connectivity index (χ2v) is 34.7. The number of ether oxygens (including phenoxy) is 4. The topological polar surface area (TPSA) is 364 Å². The Morgan fingerprint density at radius 3 is 1.32 bits per heavy atom. The van der Waals surface area contributed by atoms with Crippen molar-refractivity contribution in [2.45, 2.75) is 214 Å². The van der Waals surface area contributed by atoms with Crippen molar-refractivity contribution in [3.8, 4) is 23.5 Å². The maximum absolute atomic E-state index is 13.0. The predicted octanol–water partition coefficient (Wildman–Crippen LogP) is 15.3. The van der Waals surface area contributed by atoms with Gasteiger partial charge in [0.05, 0.1) is 82.3 Å². The van der Waals surface area contributed by atoms with Crippen LogP contribution in [-0.4, -0.2) is 124 Å². The third-order valence-corrected chi connectivity index (χ3v) is 17.3. The van der Waals surface area contributed by atoms with E-state index in [-0.39, 0.29) is 92.7 Å². The summed E-state index contributed by atoms with van der Waals surface area (Å²) in [6, 6.07) is 18.2. The number of nitrogens with zero attached hydrogens (tertiary/aromatic N) is 7. The van der Waals surface area contributed by atoms with Gasteiger partial charge in [-0.25, -0.2) is 24.7 Å². The number of H-pyrrole nitrogens is 3. The number of aromatic nitrogens is 10. The molecule has 0 bridgehead atoms. The van der Waals surface area contributed by atoms with Crippen molar-refractivity contribution in [1.29, 1.82) is 0 Å². The zero-order valence-corrected chi connectivity index (χ0v) is 71.7. The molecule has 27 heteroatoms. The van der Waals surface area contributed by atoms with E-state index >= 15 is 0 Å². The molecule has 612 valence electrons. The average Bonchev–Trinajstić information content (AvgIpc) is 0.763. The summed E-state index contributed by atoms with van der Waals surface area (Å²) < 4.78 is 24.2. The summed E-state index contributed by atoms with van der Waals surface area (Å²) in [5, 5.41) is 28.3. The van der Waals surface area contributed by atoms with Crippen LogP contribution in [0.3, 0.4) is 0 Å². The van der Waals surface area contributed by atoms with E-state index in [2.05, 4.69) is 81.5 Å². The summed E-state index contributed by atoms with van der Waals surface area (Å²) in [4.78, 5) is 126. The summed E-state index contributed by atoms with van der Waals surface area (Å²) in [6.45, 7) is 48.4. The number of fused-ring (bicyclic) bond motifs is 5. The molecule has 0 amide bonds. The Labute approximate surface area is 665 Å². The van der Waals surface area contributed by atoms with E-state index in [0.717, 1.165) is 84.5 Å². The van der Waals surface area contributed by atoms with Crippen molar-refractivity contribution in [2.75, 3.05) is 40.4 Å². The molecule has 0 aliphatic rings. The van der Waals surface area contributed by atoms with E-state index < -0.39 is 16.8 Å². The molecule has 0 radical (unpaired) electrons. The monoisotopic (exact) mass is 1620 g/mol. The number of Topliss-reactive ketones (excluding diaryl/α,β-unsaturated/α-hetero) is 3. The molecular formula is C85H120BrN10O16+. The number of halogens is 1. The Bertz CT molecular complexity index is 5120. The van der Waals surface area contributed by atoms with Gasteiger partial charge in [0.25, 0.3) is 22.2 Å². The van der Waals surface area contributed by atoms with Crippen molar-refractivity contribution >= 4 is 93.8 Å². The van der Waals surface area contributed by atoms with Crippen LogP contribution in [0.4, 0.5) is 0 Å². The highest BCUT2D eigenvalue weighted by molar-refractivity contribution is 9.09. The van der Waals surface area contributed by atoms with Gasteiger partial charge in [-0.15, -0.1) is 0 Å². The maximum atomic E-state index is 13.0. The fourth-order valence-electron chi connectivity index (χ4n) is 10.1. The van der Waals surface area contributed by atoms with Crippen molar-refractivity contribution in [3.05, 3.63) is 173 Å². The van der Waals surface area contributed by atoms with Gasteiger partial charge < -0.3 is 48.5 Å². The van der Waals surface area contributed by atoms with Crippen LogP contribution in [0.5, 0.6) is 23.5 Å². The summed E-state index contributed by atoms with van der Waals surface area (Å²) in [5.74, 6) is 1.61. The van der Waals surface area contributed by atoms with Crippen LogP contribution < -0.4 is 45.9 Å². The van der Waals surface area contributed by atoms with Crippen molar-refractivity contribution in [3.63, 3.8) is 0 Å². The molecule has 0 atom stereocenters. The molecule has 0 aromatic carbocycles. The molecule has 0 fully saturated rings. The maximum Gasteiger partial charge on any atom is 0.339 e. The molecule has 112 heavy (non-hydrogen) atoms. The Hall–Kier alpha value is -10.1. The Morgan fingerprint density at radius 1 is 0.491 bits per heavy atom. The molecule has 26 nitrogen and oxygen atoms in total. The van der Waals surface area contributed by atoms with Gasteiger partial charge in [-0.05, 0) is 81.7 Å². The summed E-state index contributed by atoms with van der Waals surface area (Å²) in [5.41, 5.74) is 4.99. The quantitative estimate of drug-likeness (QED) is 0.0257. The van der Waals surface area contributed by atoms with E-state index in [1.807, 2.05) is 188 Å². The van der Waals surface area contributed by atoms with Gasteiger partial charge in [0.1, 0.15) is 12.4 Å². The van der Waals surface area contributed by atoms with E-state index in [1.54, 1.807) is 81.3 Å². The molecule has 10 heterocycles. The SMILES string of the molecule is C.CC(=O)OO.CC(C)(C)C(=O)CBr.CC(C)(C)c1cc2c[n+](O)ccc2[nH]c1=O.CC(C)(C)c1cc2cnccc2[nH]c1=O.CO.COc1nccc2[nH]c(=O)c(C(C)(C)C)cc12.COc1nccc2c1cc(C(C)(C)C)c(=O)n2CC(=O)C(C)(C)C.COc1nccc2nc(OCC(=O)C(C)(C)C)c(C(C)(C)C)cc12. The highest BCUT2D eigenvalue weighted by atomic mass is 79.9. The number of aliphatic hydroxyl groups excluding tert-OH is 1. The normalized spacial score (nSPS) is 11.6. The summed E-state index contributed by atoms with van der Waals surface area (Å²) in [6.07, 6.45) is 11.4. The lowest BCUT2D eigenvalue weighted by molar-refractivity contribution is -0.904. The van der Waals surface area contributed by atoms with Gasteiger partial charge in [0.15, 0.2) is 11.6 Å². The number of carbonyl (C=O) groups is 4. The summed E-state index contributed by atoms with van der Waals surface area (Å²) in [7, 11) is 5.71. The van der Waals surface area contributed by atoms with Gasteiger partial charge in [0, 0.05) is 105 Å². The van der Waals surface area contributed by atoms with Crippen molar-refractivity contribution < 1.29 is 63.3 Å². The average molecular weight is 1620 g/mol. The van der Waals surface area contributed by atoms with Crippen LogP contribution in [0, 0.1) is 16.2 Å². The molecule has 6 N–H and O–H groups in total. The van der Waals surface area contributed by atoms with Crippen LogP contribution in [-0.2, 0) is 57.7 Å². The van der Waals surface area contributed by atoms with E-state index in [9.17, 15) is 43.6 Å². The van der Waals surface area contributed by atoms with Crippen molar-refractivity contribution in [1.82, 2.24) is 44.4 Å². The molecule has 0 saturated carbocycles. The Balaban J connectivity index is 0.000000457. The molecule has 0 aliphatic heterocycles. The molecular weight excluding hydrogens is 1500 g/mol. The molecule has 10 aromatic heterocycles. The molecule has 0 spiro atoms. The number of carbonyl (C=O) groups excluding carboxylic acids is 4. The number of aromatic amines is 3. The standard InChI is InChI=1S/2C19H26N2O3.C13H16N2O2.C12H14N2O2.C12H14N2O.C6H11BrO.C2H4O3.CH4O.CH4/c1-18(2,3)13-10-12-14(8-9-20-16(12)23-7)21-17(13)24-11-15(22)19(4,5)6;1-18(2,3)13-10-12-14(8-9-20-16(12)24-7)21(17(13)23)11-15(22)19(4,5)6;1-13(2,3)9-7-8-10(15-11(9)16)5-6-14-12(8)17-4;1-12(2,3)9-6-8-7-14(16)5-4-10(8)13-11(9)15;1-12(2,3)9-6-8-7-13-5-4-10(8)14-11(9)15;1-6(2,3)5(8)4-7;1-2(3)5-4;1-2;/h2*8-10H,11H2,1-7H3;5-7H,1-4H3,(H,15,16);4-7,16H,1-3H3;4-7H,1-3H3,(H,14,15);4H2,1-3H3;4H,1H3;2H,1H3;1H4/p+1. The largest absolute Gasteiger partial charge is 0.481 e. The fraction of sp³-hybridized carbons (Fsp3) is 0.482. The van der Waals surface area contributed by atoms with Crippen molar-refractivity contribution in [2.24, 2.45) is 16.2 Å². The number of alkyl halides is 1. The minimum Gasteiger partial charge on any atom is -0.481 e. The first-order chi connectivity index (χ1) is 51.0. The minimum absolute atomic E-state index is 0. The van der Waals surface area contributed by atoms with Crippen LogP contribution in [0.1, 0.15) is 208 Å². The molecule has 10 rings (SSSR count). The van der Waals surface area contributed by atoms with E-state index in [4.69, 9.17) is 29.3 Å². The van der Waals surface area contributed by atoms with E-state index in [0.29, 0.717) is 45.5 Å². The first kappa shape index (κ1) is 98.0. The molecule has 10 aromatic rings. The van der Waals surface area contributed by atoms with Crippen LogP contribution >= 0.6 is 15.9 Å². The second-order valence-electron chi connectivity index (χ2n) is 34.2. The van der Waals surface area contributed by atoms with Gasteiger partial charge in [-0.3, -0.25) is 43.8 Å². The Kier molecular flexibility index (Phi) is 35.3. The fourth-order valence-corrected chi connectivity index (χ4v) is 10.9. The highest BCUT2D eigenvalue weighted by Crippen LogP contribution is 2.36. The minimum atomic E-state index is -0.690. The predicted molar refractivity (Wildman–Crippen MR) is 447 cm³/mol. The third kappa shape index (κ3) is 28.0. The number of methoxy groups -OCH3 is 3. The highest BCUT2D eigenvalue weighted by Gasteiger charge is 2.30. The molecule has 0 unspecified atom stereocenters. The molecule has 0 saturated heterocycles. The number of rotatable bonds is 9. The number of ketones is 3. The second kappa shape index (κ2) is 40.4. The molecule has 0 aliphatic carbocycles. The van der Waals surface area contributed by atoms with Gasteiger partial charge >= 0.3 is 5.97 Å². The number of hydrogen-bond donors (Lipinski definition) is 6.